The van der Waals surface area contributed by atoms with Crippen LogP contribution in [0.5, 0.6) is 5.75 Å². The van der Waals surface area contributed by atoms with Gasteiger partial charge in [0.1, 0.15) is 11.4 Å². The molecule has 1 aliphatic heterocycles. The van der Waals surface area contributed by atoms with Gasteiger partial charge in [-0.2, -0.15) is 10.5 Å². The monoisotopic (exact) mass is 392 g/mol. The molecule has 0 spiro atoms. The summed E-state index contributed by atoms with van der Waals surface area (Å²) >= 11 is 0. The van der Waals surface area contributed by atoms with E-state index in [1.54, 1.807) is 77.7 Å². The molecular formula is C24H16N4O2. The third kappa shape index (κ3) is 3.58. The summed E-state index contributed by atoms with van der Waals surface area (Å²) in [6, 6.07) is 24.1. The number of nitriles is 2. The van der Waals surface area contributed by atoms with Gasteiger partial charge in [0.15, 0.2) is 0 Å². The van der Waals surface area contributed by atoms with Crippen molar-refractivity contribution in [3.8, 4) is 17.9 Å². The van der Waals surface area contributed by atoms with Gasteiger partial charge in [-0.05, 0) is 72.3 Å². The highest BCUT2D eigenvalue weighted by atomic mass is 16.3. The first-order valence-electron chi connectivity index (χ1n) is 9.21. The van der Waals surface area contributed by atoms with Crippen molar-refractivity contribution in [1.82, 2.24) is 0 Å². The second-order valence-electron chi connectivity index (χ2n) is 6.77. The molecule has 30 heavy (non-hydrogen) atoms. The maximum absolute atomic E-state index is 13.3. The minimum absolute atomic E-state index is 0.113. The van der Waals surface area contributed by atoms with Crippen molar-refractivity contribution in [2.24, 2.45) is 0 Å². The number of amides is 1. The first kappa shape index (κ1) is 18.8. The van der Waals surface area contributed by atoms with Crippen LogP contribution in [0.15, 0.2) is 84.6 Å². The van der Waals surface area contributed by atoms with Gasteiger partial charge in [0.25, 0.3) is 5.91 Å². The maximum Gasteiger partial charge on any atom is 0.275 e. The molecule has 1 amide bonds. The van der Waals surface area contributed by atoms with E-state index in [1.807, 2.05) is 6.07 Å². The summed E-state index contributed by atoms with van der Waals surface area (Å²) in [5, 5.41) is 31.0. The number of carbonyl (C=O) groups excluding carboxylic acids is 1. The topological polar surface area (TPSA) is 100 Å². The molecule has 0 aliphatic carbocycles. The second-order valence-corrected chi connectivity index (χ2v) is 6.77. The van der Waals surface area contributed by atoms with Gasteiger partial charge in [-0.25, -0.2) is 0 Å². The molecule has 2 N–H and O–H groups in total. The lowest BCUT2D eigenvalue weighted by atomic mass is 10.1. The van der Waals surface area contributed by atoms with E-state index in [2.05, 4.69) is 17.5 Å². The molecule has 0 saturated carbocycles. The van der Waals surface area contributed by atoms with Crippen LogP contribution in [0.4, 0.5) is 11.4 Å². The van der Waals surface area contributed by atoms with Gasteiger partial charge in [-0.1, -0.05) is 12.1 Å². The number of hydrogen-bond donors (Lipinski definition) is 2. The van der Waals surface area contributed by atoms with E-state index < -0.39 is 6.04 Å². The molecule has 0 radical (unpaired) electrons. The molecule has 0 saturated heterocycles. The third-order valence-corrected chi connectivity index (χ3v) is 4.83. The molecule has 0 fully saturated rings. The number of hydrogen-bond acceptors (Lipinski definition) is 5. The molecule has 144 valence electrons. The maximum atomic E-state index is 13.3. The predicted molar refractivity (Wildman–Crippen MR) is 112 cm³/mol. The summed E-state index contributed by atoms with van der Waals surface area (Å²) in [5.74, 6) is -0.126. The van der Waals surface area contributed by atoms with Gasteiger partial charge in [0, 0.05) is 11.4 Å². The third-order valence-electron chi connectivity index (χ3n) is 4.83. The van der Waals surface area contributed by atoms with Crippen LogP contribution in [0.2, 0.25) is 0 Å². The summed E-state index contributed by atoms with van der Waals surface area (Å²) in [5.41, 5.74) is 3.50. The number of phenols is 1. The molecule has 6 heteroatoms. The van der Waals surface area contributed by atoms with Gasteiger partial charge in [-0.15, -0.1) is 0 Å². The molecule has 3 aromatic carbocycles. The van der Waals surface area contributed by atoms with E-state index >= 15 is 0 Å². The number of nitrogens with zero attached hydrogens (tertiary/aromatic N) is 3. The lowest BCUT2D eigenvalue weighted by Gasteiger charge is -2.25. The Bertz CT molecular complexity index is 1220. The normalized spacial score (nSPS) is 15.3. The lowest BCUT2D eigenvalue weighted by molar-refractivity contribution is -0.114. The molecule has 1 atom stereocenters. The van der Waals surface area contributed by atoms with Crippen molar-refractivity contribution < 1.29 is 9.90 Å². The Morgan fingerprint density at radius 3 is 2.13 bits per heavy atom. The smallest absolute Gasteiger partial charge is 0.275 e. The zero-order valence-electron chi connectivity index (χ0n) is 15.8. The first-order valence-corrected chi connectivity index (χ1v) is 9.21. The van der Waals surface area contributed by atoms with Crippen LogP contribution < -0.4 is 10.2 Å². The average Bonchev–Trinajstić information content (AvgIpc) is 3.10. The van der Waals surface area contributed by atoms with Gasteiger partial charge in [0.05, 0.1) is 29.3 Å². The van der Waals surface area contributed by atoms with Gasteiger partial charge < -0.3 is 10.4 Å². The number of nitrogens with one attached hydrogen (secondary N) is 1. The Hall–Kier alpha value is -4.55. The minimum Gasteiger partial charge on any atom is -0.508 e. The first-order chi connectivity index (χ1) is 14.6. The fraction of sp³-hybridized carbons (Fsp3) is 0.0417. The molecule has 1 heterocycles. The molecule has 0 aromatic heterocycles. The molecule has 6 nitrogen and oxygen atoms in total. The predicted octanol–water partition coefficient (Wildman–Crippen LogP) is 4.22. The second kappa shape index (κ2) is 7.83. The fourth-order valence-corrected chi connectivity index (χ4v) is 3.37. The number of aromatic hydroxyl groups is 1. The van der Waals surface area contributed by atoms with E-state index in [9.17, 15) is 9.90 Å². The highest BCUT2D eigenvalue weighted by Gasteiger charge is 2.35. The van der Waals surface area contributed by atoms with Crippen LogP contribution in [-0.4, -0.2) is 11.0 Å². The molecule has 1 aliphatic rings. The van der Waals surface area contributed by atoms with E-state index in [0.29, 0.717) is 28.2 Å². The highest BCUT2D eigenvalue weighted by molar-refractivity contribution is 6.11. The van der Waals surface area contributed by atoms with Crippen molar-refractivity contribution >= 4 is 17.3 Å². The fourth-order valence-electron chi connectivity index (χ4n) is 3.37. The van der Waals surface area contributed by atoms with Crippen molar-refractivity contribution in [3.05, 3.63) is 101 Å². The zero-order chi connectivity index (χ0) is 21.1. The van der Waals surface area contributed by atoms with E-state index in [1.165, 1.54) is 0 Å². The van der Waals surface area contributed by atoms with Gasteiger partial charge in [-0.3, -0.25) is 9.69 Å². The number of benzene rings is 3. The molecular weight excluding hydrogens is 376 g/mol. The van der Waals surface area contributed by atoms with E-state index in [4.69, 9.17) is 10.5 Å². The van der Waals surface area contributed by atoms with Crippen molar-refractivity contribution in [1.29, 1.82) is 10.5 Å². The zero-order valence-corrected chi connectivity index (χ0v) is 15.8. The van der Waals surface area contributed by atoms with Crippen molar-refractivity contribution in [2.45, 2.75) is 6.04 Å². The number of rotatable bonds is 4. The van der Waals surface area contributed by atoms with Crippen LogP contribution in [0, 0.1) is 22.7 Å². The highest BCUT2D eigenvalue weighted by Crippen LogP contribution is 2.37. The summed E-state index contributed by atoms with van der Waals surface area (Å²) in [6.07, 6.45) is 1.80. The lowest BCUT2D eigenvalue weighted by Crippen LogP contribution is -2.30. The largest absolute Gasteiger partial charge is 0.508 e. The Morgan fingerprint density at radius 2 is 1.53 bits per heavy atom. The Kier molecular flexibility index (Phi) is 4.90. The summed E-state index contributed by atoms with van der Waals surface area (Å²) in [6.45, 7) is 0. The van der Waals surface area contributed by atoms with Gasteiger partial charge >= 0.3 is 0 Å². The molecule has 0 bridgehead atoms. The summed E-state index contributed by atoms with van der Waals surface area (Å²) in [7, 11) is 0. The van der Waals surface area contributed by atoms with Crippen molar-refractivity contribution in [3.63, 3.8) is 0 Å². The van der Waals surface area contributed by atoms with Gasteiger partial charge in [0.2, 0.25) is 0 Å². The van der Waals surface area contributed by atoms with Crippen molar-refractivity contribution in [2.75, 3.05) is 10.2 Å². The van der Waals surface area contributed by atoms with Crippen LogP contribution in [0.25, 0.3) is 0 Å². The molecule has 4 rings (SSSR count). The van der Waals surface area contributed by atoms with Crippen LogP contribution in [0.3, 0.4) is 0 Å². The number of carbonyl (C=O) groups is 1. The Morgan fingerprint density at radius 1 is 0.900 bits per heavy atom. The standard InChI is InChI=1S/C24H16N4O2/c25-14-16-4-8-19(9-5-16)27-22-13-23(18-2-1-3-21(29)12-18)28(24(22)30)20-10-6-17(15-26)7-11-20/h1-13,23,27,29H. The SMILES string of the molecule is N#Cc1ccc(NC2=CC(c3cccc(O)c3)N(c3ccc(C#N)cc3)C2=O)cc1. The van der Waals surface area contributed by atoms with Crippen LogP contribution >= 0.6 is 0 Å². The van der Waals surface area contributed by atoms with Crippen LogP contribution in [0.1, 0.15) is 22.7 Å². The molecule has 1 unspecified atom stereocenters. The van der Waals surface area contributed by atoms with E-state index in [0.717, 1.165) is 5.56 Å². The average molecular weight is 392 g/mol. The molecule has 3 aromatic rings. The summed E-state index contributed by atoms with van der Waals surface area (Å²) < 4.78 is 0. The Labute approximate surface area is 173 Å². The minimum atomic E-state index is -0.432. The quantitative estimate of drug-likeness (QED) is 0.692. The van der Waals surface area contributed by atoms with Crippen LogP contribution in [-0.2, 0) is 4.79 Å². The number of anilines is 2. The Balaban J connectivity index is 1.72. The summed E-state index contributed by atoms with van der Waals surface area (Å²) in [4.78, 5) is 14.9. The van der Waals surface area contributed by atoms with E-state index in [-0.39, 0.29) is 11.7 Å². The number of phenolic OH excluding ortho intramolecular Hbond substituents is 1.